The summed E-state index contributed by atoms with van der Waals surface area (Å²) < 4.78 is 58.3. The minimum absolute atomic E-state index is 0.0945. The summed E-state index contributed by atoms with van der Waals surface area (Å²) in [5.41, 5.74) is 2.42. The molecule has 3 aromatic carbocycles. The van der Waals surface area contributed by atoms with E-state index in [1.807, 2.05) is 30.3 Å². The summed E-state index contributed by atoms with van der Waals surface area (Å²) in [6.45, 7) is 0.571. The van der Waals surface area contributed by atoms with Crippen molar-refractivity contribution < 1.29 is 22.1 Å². The fourth-order valence-corrected chi connectivity index (χ4v) is 8.03. The number of fused-ring (bicyclic) bond motifs is 1. The van der Waals surface area contributed by atoms with Crippen molar-refractivity contribution in [1.29, 1.82) is 0 Å². The van der Waals surface area contributed by atoms with Gasteiger partial charge in [0.25, 0.3) is 10.1 Å². The van der Waals surface area contributed by atoms with Crippen molar-refractivity contribution in [3.05, 3.63) is 71.8 Å². The third-order valence-corrected chi connectivity index (χ3v) is 10.7. The third kappa shape index (κ3) is 5.14. The van der Waals surface area contributed by atoms with Gasteiger partial charge in [0.1, 0.15) is 0 Å². The van der Waals surface area contributed by atoms with Gasteiger partial charge in [0.05, 0.1) is 20.5 Å². The molecule has 5 rings (SSSR count). The minimum Gasteiger partial charge on any atom is -0.338 e. The van der Waals surface area contributed by atoms with Crippen molar-refractivity contribution in [1.82, 2.24) is 4.31 Å². The maximum Gasteiger partial charge on any atom is 0.294 e. The second-order valence-corrected chi connectivity index (χ2v) is 13.7. The van der Waals surface area contributed by atoms with Crippen molar-refractivity contribution in [3.8, 4) is 11.1 Å². The van der Waals surface area contributed by atoms with E-state index in [-0.39, 0.29) is 10.9 Å². The summed E-state index contributed by atoms with van der Waals surface area (Å²) in [5, 5.41) is 0.334. The van der Waals surface area contributed by atoms with E-state index in [1.165, 1.54) is 24.6 Å². The molecular formula is C27H31ClN2O5S2. The molecule has 7 nitrogen and oxygen atoms in total. The van der Waals surface area contributed by atoms with Gasteiger partial charge in [-0.2, -0.15) is 12.7 Å². The van der Waals surface area contributed by atoms with Gasteiger partial charge >= 0.3 is 0 Å². The molecule has 0 bridgehead atoms. The number of benzene rings is 3. The van der Waals surface area contributed by atoms with Crippen molar-refractivity contribution in [3.63, 3.8) is 0 Å². The molecule has 1 fully saturated rings. The SMILES string of the molecule is CN1C(C2CCCCC2)CN(c2ccccc2)c2cc(Cl)c(-c3cccc(S(=O)(=O)O)c3)cc2S1(O)O. The van der Waals surface area contributed by atoms with Crippen LogP contribution >= 0.6 is 22.4 Å². The van der Waals surface area contributed by atoms with Crippen LogP contribution in [-0.4, -0.2) is 46.0 Å². The van der Waals surface area contributed by atoms with Crippen LogP contribution in [0.5, 0.6) is 0 Å². The Bertz CT molecular complexity index is 1400. The van der Waals surface area contributed by atoms with Crippen molar-refractivity contribution in [2.75, 3.05) is 18.5 Å². The van der Waals surface area contributed by atoms with Crippen LogP contribution in [0.3, 0.4) is 0 Å². The van der Waals surface area contributed by atoms with Gasteiger partial charge in [-0.25, -0.2) is 0 Å². The standard InChI is InChI=1S/C27H31ClN2O5S2/c1-29-26(19-9-4-2-5-10-19)18-30(21-12-6-3-7-13-21)25-17-24(28)23(16-27(25)36(29,31)32)20-11-8-14-22(15-20)37(33,34)35/h3,6-8,11-17,19,26,31-32H,2,4-5,9-10,18H2,1H3,(H,33,34,35). The fraction of sp³-hybridized carbons (Fsp3) is 0.333. The van der Waals surface area contributed by atoms with Gasteiger partial charge in [-0.15, -0.1) is 10.8 Å². The first-order valence-electron chi connectivity index (χ1n) is 12.3. The highest BCUT2D eigenvalue weighted by Gasteiger charge is 2.41. The highest BCUT2D eigenvalue weighted by molar-refractivity contribution is 8.22. The molecule has 0 amide bonds. The molecule has 0 saturated heterocycles. The summed E-state index contributed by atoms with van der Waals surface area (Å²) in [5.74, 6) is 0.326. The van der Waals surface area contributed by atoms with E-state index in [1.54, 1.807) is 29.6 Å². The first kappa shape index (κ1) is 26.5. The number of likely N-dealkylation sites (N-methyl/N-ethyl adjacent to an activating group) is 1. The molecule has 1 heterocycles. The Morgan fingerprint density at radius 3 is 2.32 bits per heavy atom. The molecule has 3 N–H and O–H groups in total. The normalized spacial score (nSPS) is 21.8. The molecule has 1 atom stereocenters. The Labute approximate surface area is 224 Å². The van der Waals surface area contributed by atoms with Crippen LogP contribution in [0.4, 0.5) is 11.4 Å². The van der Waals surface area contributed by atoms with E-state index in [0.717, 1.165) is 31.4 Å². The summed E-state index contributed by atoms with van der Waals surface area (Å²) >= 11 is 6.78. The van der Waals surface area contributed by atoms with Gasteiger partial charge in [0, 0.05) is 30.9 Å². The van der Waals surface area contributed by atoms with Gasteiger partial charge in [0.2, 0.25) is 0 Å². The van der Waals surface area contributed by atoms with E-state index in [2.05, 4.69) is 4.90 Å². The number of hydrogen-bond acceptors (Lipinski definition) is 6. The van der Waals surface area contributed by atoms with Crippen LogP contribution in [0.25, 0.3) is 11.1 Å². The van der Waals surface area contributed by atoms with Crippen LogP contribution in [0.2, 0.25) is 5.02 Å². The van der Waals surface area contributed by atoms with E-state index in [0.29, 0.717) is 39.2 Å². The Balaban J connectivity index is 1.70. The van der Waals surface area contributed by atoms with Crippen LogP contribution in [0.15, 0.2) is 76.5 Å². The number of anilines is 2. The number of hydrogen-bond donors (Lipinski definition) is 3. The molecule has 0 aromatic heterocycles. The number of para-hydroxylation sites is 1. The summed E-state index contributed by atoms with van der Waals surface area (Å²) in [6.07, 6.45) is 5.54. The molecule has 0 radical (unpaired) electrons. The second kappa shape index (κ2) is 10.2. The van der Waals surface area contributed by atoms with Gasteiger partial charge in [0.15, 0.2) is 0 Å². The van der Waals surface area contributed by atoms with E-state index in [9.17, 15) is 22.1 Å². The van der Waals surface area contributed by atoms with Crippen molar-refractivity contribution >= 4 is 43.9 Å². The average molecular weight is 563 g/mol. The lowest BCUT2D eigenvalue weighted by Crippen LogP contribution is -2.45. The monoisotopic (exact) mass is 562 g/mol. The summed E-state index contributed by atoms with van der Waals surface area (Å²) in [4.78, 5) is 2.17. The molecule has 37 heavy (non-hydrogen) atoms. The fourth-order valence-electron chi connectivity index (χ4n) is 5.58. The molecule has 2 aliphatic rings. The van der Waals surface area contributed by atoms with Crippen molar-refractivity contribution in [2.45, 2.75) is 47.9 Å². The minimum atomic E-state index is -4.42. The molecule has 10 heteroatoms. The maximum atomic E-state index is 11.7. The Morgan fingerprint density at radius 2 is 1.65 bits per heavy atom. The predicted molar refractivity (Wildman–Crippen MR) is 149 cm³/mol. The zero-order chi connectivity index (χ0) is 26.4. The second-order valence-electron chi connectivity index (χ2n) is 9.78. The first-order chi connectivity index (χ1) is 17.6. The lowest BCUT2D eigenvalue weighted by molar-refractivity contribution is 0.206. The average Bonchev–Trinajstić information content (AvgIpc) is 2.97. The van der Waals surface area contributed by atoms with Gasteiger partial charge in [-0.1, -0.05) is 61.2 Å². The summed E-state index contributed by atoms with van der Waals surface area (Å²) in [6, 6.07) is 18.9. The highest BCUT2D eigenvalue weighted by atomic mass is 35.5. The maximum absolute atomic E-state index is 11.7. The molecule has 0 spiro atoms. The molecular weight excluding hydrogens is 532 g/mol. The molecule has 198 valence electrons. The number of rotatable bonds is 4. The predicted octanol–water partition coefficient (Wildman–Crippen LogP) is 7.31. The smallest absolute Gasteiger partial charge is 0.294 e. The number of nitrogens with zero attached hydrogens (tertiary/aromatic N) is 2. The molecule has 3 aromatic rings. The highest BCUT2D eigenvalue weighted by Crippen LogP contribution is 2.60. The molecule has 1 saturated carbocycles. The lowest BCUT2D eigenvalue weighted by atomic mass is 9.83. The zero-order valence-electron chi connectivity index (χ0n) is 20.5. The first-order valence-corrected chi connectivity index (χ1v) is 15.6. The van der Waals surface area contributed by atoms with Gasteiger partial charge in [-0.05, 0) is 60.7 Å². The van der Waals surface area contributed by atoms with Crippen LogP contribution in [0, 0.1) is 5.92 Å². The van der Waals surface area contributed by atoms with E-state index < -0.39 is 20.9 Å². The molecule has 1 unspecified atom stereocenters. The molecule has 1 aliphatic heterocycles. The summed E-state index contributed by atoms with van der Waals surface area (Å²) in [7, 11) is -6.06. The third-order valence-electron chi connectivity index (χ3n) is 7.58. The van der Waals surface area contributed by atoms with Crippen molar-refractivity contribution in [2.24, 2.45) is 5.92 Å². The number of halogens is 1. The van der Waals surface area contributed by atoms with Crippen LogP contribution < -0.4 is 4.90 Å². The Kier molecular flexibility index (Phi) is 7.32. The van der Waals surface area contributed by atoms with Gasteiger partial charge < -0.3 is 4.90 Å². The Morgan fingerprint density at radius 1 is 0.946 bits per heavy atom. The zero-order valence-corrected chi connectivity index (χ0v) is 22.9. The lowest BCUT2D eigenvalue weighted by Gasteiger charge is -2.46. The van der Waals surface area contributed by atoms with E-state index >= 15 is 0 Å². The van der Waals surface area contributed by atoms with E-state index in [4.69, 9.17) is 11.6 Å². The topological polar surface area (TPSA) is 101 Å². The quantitative estimate of drug-likeness (QED) is 0.286. The largest absolute Gasteiger partial charge is 0.338 e. The van der Waals surface area contributed by atoms with Gasteiger partial charge in [-0.3, -0.25) is 13.7 Å². The molecule has 1 aliphatic carbocycles. The van der Waals surface area contributed by atoms with Crippen LogP contribution in [0.1, 0.15) is 32.1 Å². The Hall–Kier alpha value is -2.11. The van der Waals surface area contributed by atoms with Crippen LogP contribution in [-0.2, 0) is 10.1 Å².